The van der Waals surface area contributed by atoms with E-state index >= 15 is 0 Å². The fourth-order valence-corrected chi connectivity index (χ4v) is 3.04. The standard InChI is InChI=1S/C10H19F5O2Si/c1-3-16-8(17-4-2)7-18-6-5-9(11,12)10(13,14)15/h8H,3-7,18H2,1-2H3. The first-order valence-electron chi connectivity index (χ1n) is 5.92. The van der Waals surface area contributed by atoms with Gasteiger partial charge in [0.1, 0.15) is 0 Å². The highest BCUT2D eigenvalue weighted by Crippen LogP contribution is 2.38. The van der Waals surface area contributed by atoms with Crippen LogP contribution in [0.25, 0.3) is 0 Å². The van der Waals surface area contributed by atoms with E-state index in [-0.39, 0.29) is 6.04 Å². The topological polar surface area (TPSA) is 18.5 Å². The molecule has 0 heterocycles. The largest absolute Gasteiger partial charge is 0.453 e. The van der Waals surface area contributed by atoms with Crippen LogP contribution in [0, 0.1) is 0 Å². The van der Waals surface area contributed by atoms with Crippen molar-refractivity contribution in [2.24, 2.45) is 0 Å². The van der Waals surface area contributed by atoms with E-state index in [9.17, 15) is 22.0 Å². The van der Waals surface area contributed by atoms with E-state index in [1.807, 2.05) is 0 Å². The van der Waals surface area contributed by atoms with Crippen LogP contribution in [0.15, 0.2) is 0 Å². The maximum atomic E-state index is 12.6. The van der Waals surface area contributed by atoms with Crippen molar-refractivity contribution in [3.63, 3.8) is 0 Å². The molecule has 0 amide bonds. The van der Waals surface area contributed by atoms with Crippen molar-refractivity contribution in [3.8, 4) is 0 Å². The van der Waals surface area contributed by atoms with Crippen molar-refractivity contribution >= 4 is 9.52 Å². The summed E-state index contributed by atoms with van der Waals surface area (Å²) in [6.07, 6.45) is -7.04. The number of ether oxygens (including phenoxy) is 2. The molecule has 0 N–H and O–H groups in total. The number of hydrogen-bond acceptors (Lipinski definition) is 2. The van der Waals surface area contributed by atoms with Crippen molar-refractivity contribution in [1.29, 1.82) is 0 Å². The summed E-state index contributed by atoms with van der Waals surface area (Å²) >= 11 is 0. The van der Waals surface area contributed by atoms with Crippen LogP contribution in [0.1, 0.15) is 20.3 Å². The minimum absolute atomic E-state index is 0.0802. The predicted octanol–water partition coefficient (Wildman–Crippen LogP) is 2.98. The zero-order valence-corrected chi connectivity index (χ0v) is 11.9. The van der Waals surface area contributed by atoms with E-state index in [1.54, 1.807) is 13.8 Å². The Balaban J connectivity index is 3.90. The Bertz CT molecular complexity index is 217. The molecule has 18 heavy (non-hydrogen) atoms. The second-order valence-corrected chi connectivity index (χ2v) is 5.78. The molecule has 0 fully saturated rings. The molecule has 0 aliphatic heterocycles. The highest BCUT2D eigenvalue weighted by molar-refractivity contribution is 6.35. The molecule has 0 atom stereocenters. The lowest BCUT2D eigenvalue weighted by Gasteiger charge is -2.20. The summed E-state index contributed by atoms with van der Waals surface area (Å²) in [6.45, 7) is 4.40. The van der Waals surface area contributed by atoms with Crippen LogP contribution in [-0.2, 0) is 9.47 Å². The van der Waals surface area contributed by atoms with E-state index in [1.165, 1.54) is 0 Å². The van der Waals surface area contributed by atoms with Crippen molar-refractivity contribution in [1.82, 2.24) is 0 Å². The van der Waals surface area contributed by atoms with E-state index in [0.717, 1.165) is 0 Å². The number of rotatable bonds is 9. The summed E-state index contributed by atoms with van der Waals surface area (Å²) in [5.41, 5.74) is 0. The molecule has 0 aromatic rings. The van der Waals surface area contributed by atoms with E-state index in [4.69, 9.17) is 9.47 Å². The third kappa shape index (κ3) is 6.65. The van der Waals surface area contributed by atoms with Gasteiger partial charge in [-0.3, -0.25) is 0 Å². The van der Waals surface area contributed by atoms with Crippen LogP contribution in [0.3, 0.4) is 0 Å². The fourth-order valence-electron chi connectivity index (χ4n) is 1.39. The Morgan fingerprint density at radius 3 is 1.89 bits per heavy atom. The van der Waals surface area contributed by atoms with Crippen molar-refractivity contribution in [3.05, 3.63) is 0 Å². The lowest BCUT2D eigenvalue weighted by Crippen LogP contribution is -2.36. The molecular formula is C10H19F5O2Si. The normalized spacial score (nSPS) is 14.0. The lowest BCUT2D eigenvalue weighted by atomic mass is 10.2. The number of hydrogen-bond donors (Lipinski definition) is 0. The molecular weight excluding hydrogens is 275 g/mol. The molecule has 0 aliphatic rings. The quantitative estimate of drug-likeness (QED) is 0.282. The predicted molar refractivity (Wildman–Crippen MR) is 60.8 cm³/mol. The van der Waals surface area contributed by atoms with Gasteiger partial charge in [0.25, 0.3) is 0 Å². The van der Waals surface area contributed by atoms with Crippen LogP contribution in [-0.4, -0.2) is 41.1 Å². The summed E-state index contributed by atoms with van der Waals surface area (Å²) in [5.74, 6) is -4.58. The van der Waals surface area contributed by atoms with Crippen molar-refractivity contribution in [2.75, 3.05) is 13.2 Å². The molecule has 0 aliphatic carbocycles. The van der Waals surface area contributed by atoms with Gasteiger partial charge in [-0.15, -0.1) is 0 Å². The number of alkyl halides is 5. The highest BCUT2D eigenvalue weighted by Gasteiger charge is 2.56. The van der Waals surface area contributed by atoms with Gasteiger partial charge in [0.05, 0.1) is 0 Å². The summed E-state index contributed by atoms with van der Waals surface area (Å²) in [4.78, 5) is 0. The Hall–Kier alpha value is -0.213. The second-order valence-electron chi connectivity index (χ2n) is 3.79. The minimum atomic E-state index is -5.44. The summed E-state index contributed by atoms with van der Waals surface area (Å²) in [7, 11) is -1.04. The van der Waals surface area contributed by atoms with Gasteiger partial charge in [-0.25, -0.2) is 0 Å². The third-order valence-electron chi connectivity index (χ3n) is 2.30. The second kappa shape index (κ2) is 8.06. The number of halogens is 5. The molecule has 0 saturated heterocycles. The van der Waals surface area contributed by atoms with Gasteiger partial charge in [0, 0.05) is 29.2 Å². The van der Waals surface area contributed by atoms with Gasteiger partial charge in [-0.2, -0.15) is 22.0 Å². The maximum Gasteiger partial charge on any atom is 0.453 e. The minimum Gasteiger partial charge on any atom is -0.353 e. The Labute approximate surface area is 106 Å². The fraction of sp³-hybridized carbons (Fsp3) is 1.00. The van der Waals surface area contributed by atoms with Gasteiger partial charge in [-0.05, 0) is 19.9 Å². The molecule has 110 valence electrons. The lowest BCUT2D eigenvalue weighted by molar-refractivity contribution is -0.282. The van der Waals surface area contributed by atoms with E-state index in [2.05, 4.69) is 0 Å². The monoisotopic (exact) mass is 294 g/mol. The molecule has 0 rings (SSSR count). The first-order chi connectivity index (χ1) is 8.24. The Morgan fingerprint density at radius 2 is 1.50 bits per heavy atom. The summed E-state index contributed by atoms with van der Waals surface area (Å²) in [5, 5.41) is 0. The molecule has 0 aromatic carbocycles. The average molecular weight is 294 g/mol. The zero-order valence-electron chi connectivity index (χ0n) is 10.5. The van der Waals surface area contributed by atoms with Crippen molar-refractivity contribution in [2.45, 2.75) is 50.7 Å². The molecule has 0 saturated carbocycles. The van der Waals surface area contributed by atoms with Gasteiger partial charge in [0.2, 0.25) is 0 Å². The molecule has 2 nitrogen and oxygen atoms in total. The Morgan fingerprint density at radius 1 is 1.00 bits per heavy atom. The van der Waals surface area contributed by atoms with Gasteiger partial charge >= 0.3 is 12.1 Å². The SMILES string of the molecule is CCOC(C[SiH2]CCC(F)(F)C(F)(F)F)OCC. The average Bonchev–Trinajstić information content (AvgIpc) is 2.23. The van der Waals surface area contributed by atoms with Crippen LogP contribution in [0.2, 0.25) is 12.1 Å². The van der Waals surface area contributed by atoms with Gasteiger partial charge < -0.3 is 9.47 Å². The van der Waals surface area contributed by atoms with Crippen LogP contribution >= 0.6 is 0 Å². The zero-order chi connectivity index (χ0) is 14.2. The molecule has 0 spiro atoms. The molecule has 0 radical (unpaired) electrons. The first kappa shape index (κ1) is 17.8. The summed E-state index contributed by atoms with van der Waals surface area (Å²) in [6, 6.07) is 0.374. The van der Waals surface area contributed by atoms with E-state index < -0.39 is 34.3 Å². The summed E-state index contributed by atoms with van der Waals surface area (Å²) < 4.78 is 71.2. The van der Waals surface area contributed by atoms with E-state index in [0.29, 0.717) is 19.3 Å². The third-order valence-corrected chi connectivity index (χ3v) is 4.03. The molecule has 0 bridgehead atoms. The molecule has 0 unspecified atom stereocenters. The van der Waals surface area contributed by atoms with Gasteiger partial charge in [0.15, 0.2) is 6.29 Å². The van der Waals surface area contributed by atoms with Crippen LogP contribution in [0.4, 0.5) is 22.0 Å². The molecule has 8 heteroatoms. The Kier molecular flexibility index (Phi) is 7.96. The first-order valence-corrected chi connectivity index (χ1v) is 7.92. The van der Waals surface area contributed by atoms with Gasteiger partial charge in [-0.1, -0.05) is 6.04 Å². The smallest absolute Gasteiger partial charge is 0.353 e. The van der Waals surface area contributed by atoms with Crippen LogP contribution in [0.5, 0.6) is 0 Å². The maximum absolute atomic E-state index is 12.6. The van der Waals surface area contributed by atoms with Crippen LogP contribution < -0.4 is 0 Å². The highest BCUT2D eigenvalue weighted by atomic mass is 28.2. The molecule has 0 aromatic heterocycles. The van der Waals surface area contributed by atoms with Crippen molar-refractivity contribution < 1.29 is 31.4 Å².